The van der Waals surface area contributed by atoms with Gasteiger partial charge in [0.2, 0.25) is 11.8 Å². The molecule has 0 aliphatic carbocycles. The van der Waals surface area contributed by atoms with Crippen molar-refractivity contribution in [2.45, 2.75) is 63.6 Å². The standard InChI is InChI=1S/C44H43ClFN11O5/c45-33-17-29(3-1-26(33)20-47)56-16-11-30-35(23-56)49-24-50-40(30)52-38-5-2-27(21-48-38)41(59)51-28-9-12-54(13-10-28)22-25-7-14-55(15-8-25)37-19-32-31(18-34(37)46)43(61)57(44(32)62)36-4-6-39(58)53-42(36)60/h1-3,5,17-19,21,24-25,28,36H,4,6-16,22-23H2,(H,51,59)(H,53,58,60)(H,48,49,50,52). The van der Waals surface area contributed by atoms with E-state index < -0.39 is 35.5 Å². The summed E-state index contributed by atoms with van der Waals surface area (Å²) in [6.07, 6.45) is 7.10. The predicted molar refractivity (Wildman–Crippen MR) is 225 cm³/mol. The number of nitrogens with zero attached hydrogens (tertiary/aromatic N) is 8. The van der Waals surface area contributed by atoms with E-state index in [2.05, 4.69) is 46.8 Å². The number of anilines is 4. The zero-order valence-electron chi connectivity index (χ0n) is 33.7. The molecule has 4 aromatic rings. The highest BCUT2D eigenvalue weighted by Crippen LogP contribution is 2.35. The van der Waals surface area contributed by atoms with Crippen LogP contribution in [0.5, 0.6) is 0 Å². The van der Waals surface area contributed by atoms with Crippen LogP contribution in [-0.4, -0.2) is 106 Å². The number of amides is 5. The SMILES string of the molecule is N#Cc1ccc(N2CCc3c(ncnc3Nc3ccc(C(=O)NC4CCN(CC5CCN(c6cc7c(cc6F)C(=O)N(C6CCC(=O)NC6=O)C7=O)CC5)CC4)cn3)C2)cc1Cl. The van der Waals surface area contributed by atoms with Crippen molar-refractivity contribution in [2.75, 3.05) is 54.4 Å². The quantitative estimate of drug-likeness (QED) is 0.201. The van der Waals surface area contributed by atoms with Crippen LogP contribution in [0.15, 0.2) is 55.0 Å². The van der Waals surface area contributed by atoms with E-state index in [0.717, 1.165) is 79.8 Å². The third kappa shape index (κ3) is 8.15. The van der Waals surface area contributed by atoms with Gasteiger partial charge >= 0.3 is 0 Å². The molecule has 1 atom stereocenters. The van der Waals surface area contributed by atoms with Crippen molar-refractivity contribution in [3.63, 3.8) is 0 Å². The Balaban J connectivity index is 0.725. The number of nitriles is 1. The number of aromatic nitrogens is 3. The van der Waals surface area contributed by atoms with E-state index >= 15 is 4.39 Å². The Morgan fingerprint density at radius 3 is 2.37 bits per heavy atom. The lowest BCUT2D eigenvalue weighted by molar-refractivity contribution is -0.136. The Hall–Kier alpha value is -6.51. The smallest absolute Gasteiger partial charge is 0.262 e. The molecule has 318 valence electrons. The monoisotopic (exact) mass is 859 g/mol. The largest absolute Gasteiger partial charge is 0.369 e. The van der Waals surface area contributed by atoms with Gasteiger partial charge in [-0.3, -0.25) is 34.2 Å². The number of piperidine rings is 3. The summed E-state index contributed by atoms with van der Waals surface area (Å²) in [6, 6.07) is 12.5. The molecule has 3 fully saturated rings. The lowest BCUT2D eigenvalue weighted by Crippen LogP contribution is -2.54. The molecule has 0 saturated carbocycles. The van der Waals surface area contributed by atoms with E-state index in [-0.39, 0.29) is 41.6 Å². The van der Waals surface area contributed by atoms with E-state index in [4.69, 9.17) is 11.6 Å². The molecule has 16 nitrogen and oxygen atoms in total. The van der Waals surface area contributed by atoms with Crippen LogP contribution in [0, 0.1) is 23.1 Å². The number of hydrogen-bond donors (Lipinski definition) is 3. The fourth-order valence-electron chi connectivity index (χ4n) is 9.17. The van der Waals surface area contributed by atoms with Crippen LogP contribution in [0.1, 0.15) is 86.4 Å². The number of benzene rings is 2. The Bertz CT molecular complexity index is 2520. The number of nitrogens with one attached hydrogen (secondary N) is 3. The number of fused-ring (bicyclic) bond motifs is 2. The topological polar surface area (TPSA) is 197 Å². The summed E-state index contributed by atoms with van der Waals surface area (Å²) in [5.41, 5.74) is 3.96. The number of likely N-dealkylation sites (tertiary alicyclic amines) is 1. The summed E-state index contributed by atoms with van der Waals surface area (Å²) < 4.78 is 15.5. The third-order valence-corrected chi connectivity index (χ3v) is 12.9. The van der Waals surface area contributed by atoms with Crippen LogP contribution in [0.25, 0.3) is 0 Å². The van der Waals surface area contributed by atoms with Crippen molar-refractivity contribution in [3.8, 4) is 6.07 Å². The van der Waals surface area contributed by atoms with Gasteiger partial charge in [-0.15, -0.1) is 0 Å². The molecule has 5 aliphatic heterocycles. The van der Waals surface area contributed by atoms with Gasteiger partial charge in [-0.1, -0.05) is 11.6 Å². The molecule has 62 heavy (non-hydrogen) atoms. The highest BCUT2D eigenvalue weighted by Gasteiger charge is 2.45. The molecule has 18 heteroatoms. The minimum atomic E-state index is -1.11. The fraction of sp³-hybridized carbons (Fsp3) is 0.386. The fourth-order valence-corrected chi connectivity index (χ4v) is 9.39. The second kappa shape index (κ2) is 17.1. The van der Waals surface area contributed by atoms with Gasteiger partial charge in [0.15, 0.2) is 0 Å². The molecular formula is C44H43ClFN11O5. The first-order chi connectivity index (χ1) is 30.0. The van der Waals surface area contributed by atoms with Crippen LogP contribution in [0.2, 0.25) is 5.02 Å². The number of imide groups is 2. The second-order valence-corrected chi connectivity index (χ2v) is 16.8. The van der Waals surface area contributed by atoms with Crippen LogP contribution in [0.3, 0.4) is 0 Å². The molecule has 0 radical (unpaired) electrons. The predicted octanol–water partition coefficient (Wildman–Crippen LogP) is 4.35. The number of rotatable bonds is 9. The van der Waals surface area contributed by atoms with Crippen molar-refractivity contribution in [2.24, 2.45) is 5.92 Å². The van der Waals surface area contributed by atoms with E-state index in [1.807, 2.05) is 11.0 Å². The summed E-state index contributed by atoms with van der Waals surface area (Å²) >= 11 is 6.28. The Kier molecular flexibility index (Phi) is 11.3. The molecule has 7 heterocycles. The molecule has 3 saturated heterocycles. The summed E-state index contributed by atoms with van der Waals surface area (Å²) in [5, 5.41) is 18.3. The number of carbonyl (C=O) groups excluding carboxylic acids is 5. The van der Waals surface area contributed by atoms with Gasteiger partial charge < -0.3 is 25.3 Å². The van der Waals surface area contributed by atoms with Gasteiger partial charge in [-0.25, -0.2) is 19.3 Å². The Morgan fingerprint density at radius 1 is 0.887 bits per heavy atom. The molecule has 0 bridgehead atoms. The molecule has 3 N–H and O–H groups in total. The van der Waals surface area contributed by atoms with Crippen LogP contribution >= 0.6 is 11.6 Å². The highest BCUT2D eigenvalue weighted by molar-refractivity contribution is 6.32. The lowest BCUT2D eigenvalue weighted by atomic mass is 9.94. The summed E-state index contributed by atoms with van der Waals surface area (Å²) in [4.78, 5) is 84.6. The molecule has 1 unspecified atom stereocenters. The maximum Gasteiger partial charge on any atom is 0.262 e. The van der Waals surface area contributed by atoms with Gasteiger partial charge in [0.1, 0.15) is 35.9 Å². The van der Waals surface area contributed by atoms with Gasteiger partial charge in [0.25, 0.3) is 17.7 Å². The van der Waals surface area contributed by atoms with E-state index in [1.54, 1.807) is 30.5 Å². The number of halogens is 2. The number of carbonyl (C=O) groups is 5. The average molecular weight is 860 g/mol. The van der Waals surface area contributed by atoms with E-state index in [0.29, 0.717) is 59.8 Å². The van der Waals surface area contributed by atoms with Gasteiger partial charge in [-0.05, 0) is 86.9 Å². The first-order valence-electron chi connectivity index (χ1n) is 20.9. The minimum Gasteiger partial charge on any atom is -0.369 e. The van der Waals surface area contributed by atoms with E-state index in [9.17, 15) is 29.2 Å². The number of hydrogen-bond acceptors (Lipinski definition) is 13. The highest BCUT2D eigenvalue weighted by atomic mass is 35.5. The number of pyridine rings is 1. The molecule has 9 rings (SSSR count). The summed E-state index contributed by atoms with van der Waals surface area (Å²) in [5.74, 6) is -1.69. The maximum atomic E-state index is 15.5. The van der Waals surface area contributed by atoms with Gasteiger partial charge in [0, 0.05) is 69.2 Å². The van der Waals surface area contributed by atoms with E-state index in [1.165, 1.54) is 12.4 Å². The molecule has 2 aromatic carbocycles. The lowest BCUT2D eigenvalue weighted by Gasteiger charge is -2.38. The zero-order chi connectivity index (χ0) is 43.1. The van der Waals surface area contributed by atoms with Crippen LogP contribution < -0.4 is 25.8 Å². The zero-order valence-corrected chi connectivity index (χ0v) is 34.5. The Labute approximate surface area is 361 Å². The van der Waals surface area contributed by atoms with Crippen molar-refractivity contribution >= 4 is 64.1 Å². The first-order valence-corrected chi connectivity index (χ1v) is 21.2. The van der Waals surface area contributed by atoms with Crippen molar-refractivity contribution in [1.82, 2.24) is 35.4 Å². The van der Waals surface area contributed by atoms with Gasteiger partial charge in [0.05, 0.1) is 45.2 Å². The van der Waals surface area contributed by atoms with Crippen molar-refractivity contribution in [1.29, 1.82) is 5.26 Å². The van der Waals surface area contributed by atoms with Crippen LogP contribution in [0.4, 0.5) is 27.4 Å². The van der Waals surface area contributed by atoms with Crippen LogP contribution in [-0.2, 0) is 22.6 Å². The summed E-state index contributed by atoms with van der Waals surface area (Å²) in [6.45, 7) is 5.04. The maximum absolute atomic E-state index is 15.5. The normalized spacial score (nSPS) is 19.8. The molecule has 5 amide bonds. The minimum absolute atomic E-state index is 0.0107. The van der Waals surface area contributed by atoms with Crippen molar-refractivity contribution in [3.05, 3.63) is 99.3 Å². The molecule has 5 aliphatic rings. The van der Waals surface area contributed by atoms with Gasteiger partial charge in [-0.2, -0.15) is 5.26 Å². The molecular weight excluding hydrogens is 817 g/mol. The molecule has 0 spiro atoms. The first kappa shape index (κ1) is 40.9. The second-order valence-electron chi connectivity index (χ2n) is 16.4. The average Bonchev–Trinajstić information content (AvgIpc) is 3.51. The third-order valence-electron chi connectivity index (χ3n) is 12.6. The van der Waals surface area contributed by atoms with Crippen molar-refractivity contribution < 1.29 is 28.4 Å². The Morgan fingerprint density at radius 2 is 1.66 bits per heavy atom. The summed E-state index contributed by atoms with van der Waals surface area (Å²) in [7, 11) is 0. The molecule has 2 aromatic heterocycles.